The lowest BCUT2D eigenvalue weighted by Gasteiger charge is -2.06. The third-order valence-corrected chi connectivity index (χ3v) is 2.96. The van der Waals surface area contributed by atoms with Gasteiger partial charge in [0.1, 0.15) is 5.82 Å². The molecular formula is C15H12N4O2. The Morgan fingerprint density at radius 2 is 1.95 bits per heavy atom. The normalized spacial score (nSPS) is 10.5. The zero-order chi connectivity index (χ0) is 14.7. The third kappa shape index (κ3) is 2.94. The van der Waals surface area contributed by atoms with E-state index in [2.05, 4.69) is 20.3 Å². The van der Waals surface area contributed by atoms with Gasteiger partial charge in [0.05, 0.1) is 35.0 Å². The lowest BCUT2D eigenvalue weighted by Crippen LogP contribution is -2.06. The van der Waals surface area contributed by atoms with Crippen molar-refractivity contribution in [1.29, 1.82) is 0 Å². The molecule has 0 bridgehead atoms. The number of anilines is 1. The van der Waals surface area contributed by atoms with E-state index in [1.54, 1.807) is 6.20 Å². The van der Waals surface area contributed by atoms with Crippen LogP contribution in [0.4, 0.5) is 5.82 Å². The van der Waals surface area contributed by atoms with Crippen LogP contribution in [0.5, 0.6) is 0 Å². The average Bonchev–Trinajstić information content (AvgIpc) is 2.53. The van der Waals surface area contributed by atoms with Crippen LogP contribution in [0.1, 0.15) is 16.1 Å². The van der Waals surface area contributed by atoms with E-state index in [4.69, 9.17) is 5.11 Å². The summed E-state index contributed by atoms with van der Waals surface area (Å²) in [6, 6.07) is 10.6. The van der Waals surface area contributed by atoms with E-state index < -0.39 is 5.97 Å². The minimum atomic E-state index is -0.968. The van der Waals surface area contributed by atoms with E-state index in [1.807, 2.05) is 24.3 Å². The zero-order valence-corrected chi connectivity index (χ0v) is 11.0. The molecule has 3 aromatic rings. The minimum Gasteiger partial charge on any atom is -0.478 e. The van der Waals surface area contributed by atoms with Crippen LogP contribution in [0.15, 0.2) is 48.8 Å². The molecule has 6 nitrogen and oxygen atoms in total. The van der Waals surface area contributed by atoms with Gasteiger partial charge in [0.2, 0.25) is 0 Å². The van der Waals surface area contributed by atoms with E-state index in [0.717, 1.165) is 11.0 Å². The van der Waals surface area contributed by atoms with Gasteiger partial charge in [0.25, 0.3) is 0 Å². The van der Waals surface area contributed by atoms with Gasteiger partial charge in [-0.25, -0.2) is 9.78 Å². The van der Waals surface area contributed by atoms with Crippen LogP contribution in [-0.4, -0.2) is 26.0 Å². The molecule has 0 fully saturated rings. The van der Waals surface area contributed by atoms with E-state index in [9.17, 15) is 4.79 Å². The lowest BCUT2D eigenvalue weighted by molar-refractivity contribution is 0.0696. The molecule has 2 heterocycles. The van der Waals surface area contributed by atoms with Gasteiger partial charge in [-0.3, -0.25) is 9.97 Å². The minimum absolute atomic E-state index is 0.214. The molecule has 0 spiro atoms. The Hall–Kier alpha value is -3.02. The molecule has 0 atom stereocenters. The van der Waals surface area contributed by atoms with Crippen molar-refractivity contribution in [2.75, 3.05) is 5.32 Å². The number of para-hydroxylation sites is 2. The van der Waals surface area contributed by atoms with Gasteiger partial charge in [-0.2, -0.15) is 0 Å². The van der Waals surface area contributed by atoms with Gasteiger partial charge in [-0.15, -0.1) is 0 Å². The Morgan fingerprint density at radius 3 is 2.76 bits per heavy atom. The fourth-order valence-electron chi connectivity index (χ4n) is 1.93. The maximum atomic E-state index is 10.9. The number of carboxylic acids is 1. The molecule has 3 rings (SSSR count). The molecule has 0 saturated heterocycles. The topological polar surface area (TPSA) is 88.0 Å². The Morgan fingerprint density at radius 1 is 1.14 bits per heavy atom. The number of aromatic carboxylic acids is 1. The average molecular weight is 280 g/mol. The Labute approximate surface area is 120 Å². The molecule has 2 aromatic heterocycles. The Balaban J connectivity index is 1.77. The summed E-state index contributed by atoms with van der Waals surface area (Å²) < 4.78 is 0. The number of nitrogens with one attached hydrogen (secondary N) is 1. The first-order valence-electron chi connectivity index (χ1n) is 6.36. The quantitative estimate of drug-likeness (QED) is 0.762. The second-order valence-corrected chi connectivity index (χ2v) is 4.44. The summed E-state index contributed by atoms with van der Waals surface area (Å²) in [7, 11) is 0. The second kappa shape index (κ2) is 5.54. The second-order valence-electron chi connectivity index (χ2n) is 4.44. The molecule has 0 unspecified atom stereocenters. The molecule has 0 aliphatic rings. The van der Waals surface area contributed by atoms with E-state index >= 15 is 0 Å². The van der Waals surface area contributed by atoms with Crippen molar-refractivity contribution >= 4 is 22.8 Å². The molecule has 0 saturated carbocycles. The molecule has 0 aliphatic carbocycles. The summed E-state index contributed by atoms with van der Waals surface area (Å²) in [5.41, 5.74) is 2.47. The maximum absolute atomic E-state index is 10.9. The van der Waals surface area contributed by atoms with Crippen LogP contribution >= 0.6 is 0 Å². The standard InChI is InChI=1S/C15H12N4O2/c20-15(21)10-5-6-16-11(7-10)8-18-14-9-17-12-3-1-2-4-13(12)19-14/h1-7,9H,8H2,(H,18,19)(H,20,21). The van der Waals surface area contributed by atoms with Gasteiger partial charge < -0.3 is 10.4 Å². The van der Waals surface area contributed by atoms with Gasteiger partial charge in [0, 0.05) is 6.20 Å². The fourth-order valence-corrected chi connectivity index (χ4v) is 1.93. The molecule has 1 aromatic carbocycles. The number of hydrogen-bond donors (Lipinski definition) is 2. The first kappa shape index (κ1) is 13.0. The summed E-state index contributed by atoms with van der Waals surface area (Å²) in [4.78, 5) is 23.8. The van der Waals surface area contributed by atoms with E-state index in [1.165, 1.54) is 18.3 Å². The number of carbonyl (C=O) groups is 1. The first-order valence-corrected chi connectivity index (χ1v) is 6.36. The molecule has 0 aliphatic heterocycles. The fraction of sp³-hybridized carbons (Fsp3) is 0.0667. The van der Waals surface area contributed by atoms with Crippen molar-refractivity contribution in [2.24, 2.45) is 0 Å². The van der Waals surface area contributed by atoms with Crippen LogP contribution < -0.4 is 5.32 Å². The van der Waals surface area contributed by atoms with Crippen molar-refractivity contribution in [1.82, 2.24) is 15.0 Å². The molecule has 6 heteroatoms. The maximum Gasteiger partial charge on any atom is 0.335 e. The molecule has 21 heavy (non-hydrogen) atoms. The number of pyridine rings is 1. The van der Waals surface area contributed by atoms with Crippen molar-refractivity contribution < 1.29 is 9.90 Å². The van der Waals surface area contributed by atoms with Gasteiger partial charge >= 0.3 is 5.97 Å². The van der Waals surface area contributed by atoms with E-state index in [0.29, 0.717) is 18.1 Å². The van der Waals surface area contributed by atoms with Gasteiger partial charge in [-0.1, -0.05) is 12.1 Å². The number of fused-ring (bicyclic) bond motifs is 1. The Kier molecular flexibility index (Phi) is 3.42. The summed E-state index contributed by atoms with van der Waals surface area (Å²) in [5, 5.41) is 12.0. The number of aromatic nitrogens is 3. The highest BCUT2D eigenvalue weighted by molar-refractivity contribution is 5.87. The SMILES string of the molecule is O=C(O)c1ccnc(CNc2cnc3ccccc3n2)c1. The highest BCUT2D eigenvalue weighted by atomic mass is 16.4. The van der Waals surface area contributed by atoms with Crippen molar-refractivity contribution in [2.45, 2.75) is 6.54 Å². The van der Waals surface area contributed by atoms with Crippen LogP contribution in [-0.2, 0) is 6.54 Å². The van der Waals surface area contributed by atoms with Gasteiger partial charge in [0.15, 0.2) is 0 Å². The number of benzene rings is 1. The van der Waals surface area contributed by atoms with Crippen LogP contribution in [0, 0.1) is 0 Å². The van der Waals surface area contributed by atoms with Crippen LogP contribution in [0.25, 0.3) is 11.0 Å². The number of hydrogen-bond acceptors (Lipinski definition) is 5. The van der Waals surface area contributed by atoms with Crippen LogP contribution in [0.3, 0.4) is 0 Å². The monoisotopic (exact) mass is 280 g/mol. The first-order chi connectivity index (χ1) is 10.2. The number of nitrogens with zero attached hydrogens (tertiary/aromatic N) is 3. The number of rotatable bonds is 4. The van der Waals surface area contributed by atoms with Crippen molar-refractivity contribution in [3.8, 4) is 0 Å². The van der Waals surface area contributed by atoms with E-state index in [-0.39, 0.29) is 5.56 Å². The Bertz CT molecular complexity index is 804. The summed E-state index contributed by atoms with van der Waals surface area (Å²) in [6.07, 6.45) is 3.12. The molecular weight excluding hydrogens is 268 g/mol. The summed E-state index contributed by atoms with van der Waals surface area (Å²) in [5.74, 6) is -0.347. The van der Waals surface area contributed by atoms with Crippen LogP contribution in [0.2, 0.25) is 0 Å². The largest absolute Gasteiger partial charge is 0.478 e. The van der Waals surface area contributed by atoms with Crippen molar-refractivity contribution in [3.05, 3.63) is 60.0 Å². The molecule has 0 radical (unpaired) electrons. The summed E-state index contributed by atoms with van der Waals surface area (Å²) >= 11 is 0. The number of carboxylic acid groups (broad SMARTS) is 1. The molecule has 2 N–H and O–H groups in total. The third-order valence-electron chi connectivity index (χ3n) is 2.96. The predicted molar refractivity (Wildman–Crippen MR) is 78.1 cm³/mol. The predicted octanol–water partition coefficient (Wildman–Crippen LogP) is 2.34. The highest BCUT2D eigenvalue weighted by Gasteiger charge is 2.05. The van der Waals surface area contributed by atoms with Gasteiger partial charge in [-0.05, 0) is 24.3 Å². The highest BCUT2D eigenvalue weighted by Crippen LogP contribution is 2.12. The summed E-state index contributed by atoms with van der Waals surface area (Å²) in [6.45, 7) is 0.383. The van der Waals surface area contributed by atoms with Crippen molar-refractivity contribution in [3.63, 3.8) is 0 Å². The smallest absolute Gasteiger partial charge is 0.335 e. The molecule has 104 valence electrons. The zero-order valence-electron chi connectivity index (χ0n) is 11.0. The molecule has 0 amide bonds. The lowest BCUT2D eigenvalue weighted by atomic mass is 10.2.